The van der Waals surface area contributed by atoms with E-state index in [0.29, 0.717) is 0 Å². The van der Waals surface area contributed by atoms with Crippen LogP contribution < -0.4 is 9.80 Å². The standard InChI is InChI=1S/C43H35N3/c1-42(2)31-19-7-11-23-35(31)45(36-24-12-8-20-32(36)42)40-28-16-5-6-17-29(28)41(39-30(40)18-15-27-44-39)46-37-25-13-9-21-33(37)43(3,4)34-22-10-14-26-38(34)46/h5-27H,1-4H3. The first-order chi connectivity index (χ1) is 22.4. The molecular weight excluding hydrogens is 558 g/mol. The summed E-state index contributed by atoms with van der Waals surface area (Å²) >= 11 is 0. The molecule has 0 N–H and O–H groups in total. The maximum absolute atomic E-state index is 5.22. The summed E-state index contributed by atoms with van der Waals surface area (Å²) in [6, 6.07) is 48.8. The fourth-order valence-corrected chi connectivity index (χ4v) is 8.24. The fourth-order valence-electron chi connectivity index (χ4n) is 8.24. The average molecular weight is 594 g/mol. The molecule has 0 unspecified atom stereocenters. The number of fused-ring (bicyclic) bond motifs is 6. The van der Waals surface area contributed by atoms with Crippen molar-refractivity contribution in [2.24, 2.45) is 0 Å². The minimum atomic E-state index is -0.142. The Labute approximate surface area is 270 Å². The van der Waals surface area contributed by atoms with Crippen molar-refractivity contribution in [3.8, 4) is 0 Å². The molecule has 0 radical (unpaired) electrons. The van der Waals surface area contributed by atoms with Crippen LogP contribution in [0.4, 0.5) is 34.1 Å². The third-order valence-electron chi connectivity index (χ3n) is 10.4. The second-order valence-corrected chi connectivity index (χ2v) is 13.6. The van der Waals surface area contributed by atoms with Crippen molar-refractivity contribution < 1.29 is 0 Å². The zero-order valence-corrected chi connectivity index (χ0v) is 26.6. The first-order valence-electron chi connectivity index (χ1n) is 16.2. The molecule has 6 aromatic carbocycles. The number of rotatable bonds is 2. The van der Waals surface area contributed by atoms with E-state index >= 15 is 0 Å². The van der Waals surface area contributed by atoms with Gasteiger partial charge in [0.2, 0.25) is 0 Å². The molecule has 46 heavy (non-hydrogen) atoms. The number of benzene rings is 6. The molecule has 1 aromatic heterocycles. The molecule has 0 aliphatic carbocycles. The Hall–Kier alpha value is -5.41. The first-order valence-corrected chi connectivity index (χ1v) is 16.2. The summed E-state index contributed by atoms with van der Waals surface area (Å²) in [6.07, 6.45) is 1.94. The van der Waals surface area contributed by atoms with Crippen molar-refractivity contribution >= 4 is 55.8 Å². The molecule has 0 fully saturated rings. The number of nitrogens with zero attached hydrogens (tertiary/aromatic N) is 3. The van der Waals surface area contributed by atoms with E-state index in [4.69, 9.17) is 4.98 Å². The number of pyridine rings is 1. The van der Waals surface area contributed by atoms with Crippen LogP contribution in [0.1, 0.15) is 49.9 Å². The van der Waals surface area contributed by atoms with Gasteiger partial charge in [0.1, 0.15) is 0 Å². The van der Waals surface area contributed by atoms with Crippen LogP contribution in [-0.4, -0.2) is 4.98 Å². The Morgan fingerprint density at radius 2 is 0.739 bits per heavy atom. The van der Waals surface area contributed by atoms with Gasteiger partial charge in [0.15, 0.2) is 0 Å². The summed E-state index contributed by atoms with van der Waals surface area (Å²) in [7, 11) is 0. The third kappa shape index (κ3) is 3.51. The van der Waals surface area contributed by atoms with E-state index < -0.39 is 0 Å². The molecular formula is C43H35N3. The van der Waals surface area contributed by atoms with Gasteiger partial charge in [-0.3, -0.25) is 4.98 Å². The minimum absolute atomic E-state index is 0.137. The highest BCUT2D eigenvalue weighted by Crippen LogP contribution is 2.58. The molecule has 0 saturated heterocycles. The Balaban J connectivity index is 1.43. The van der Waals surface area contributed by atoms with Gasteiger partial charge in [-0.1, -0.05) is 125 Å². The smallest absolute Gasteiger partial charge is 0.0970 e. The Bertz CT molecular complexity index is 2030. The lowest BCUT2D eigenvalue weighted by Gasteiger charge is -2.44. The van der Waals surface area contributed by atoms with E-state index in [0.717, 1.165) is 22.3 Å². The van der Waals surface area contributed by atoms with Gasteiger partial charge in [0, 0.05) is 33.2 Å². The van der Waals surface area contributed by atoms with Gasteiger partial charge in [-0.25, -0.2) is 0 Å². The lowest BCUT2D eigenvalue weighted by atomic mass is 9.73. The van der Waals surface area contributed by atoms with Gasteiger partial charge in [0.25, 0.3) is 0 Å². The predicted octanol–water partition coefficient (Wildman–Crippen LogP) is 11.6. The highest BCUT2D eigenvalue weighted by Gasteiger charge is 2.40. The Morgan fingerprint density at radius 1 is 0.391 bits per heavy atom. The number of para-hydroxylation sites is 4. The minimum Gasteiger partial charge on any atom is -0.309 e. The van der Waals surface area contributed by atoms with Gasteiger partial charge >= 0.3 is 0 Å². The summed E-state index contributed by atoms with van der Waals surface area (Å²) in [6.45, 7) is 9.36. The Kier molecular flexibility index (Phi) is 5.59. The van der Waals surface area contributed by atoms with Crippen LogP contribution in [0.25, 0.3) is 21.7 Å². The van der Waals surface area contributed by atoms with Crippen LogP contribution in [0.3, 0.4) is 0 Å². The molecule has 0 atom stereocenters. The van der Waals surface area contributed by atoms with Crippen LogP contribution in [0.5, 0.6) is 0 Å². The quantitative estimate of drug-likeness (QED) is 0.186. The highest BCUT2D eigenvalue weighted by atomic mass is 15.2. The molecule has 7 aromatic rings. The van der Waals surface area contributed by atoms with Crippen LogP contribution in [0.15, 0.2) is 140 Å². The van der Waals surface area contributed by atoms with E-state index in [-0.39, 0.29) is 10.8 Å². The second-order valence-electron chi connectivity index (χ2n) is 13.6. The molecule has 3 nitrogen and oxygen atoms in total. The van der Waals surface area contributed by atoms with E-state index in [1.807, 2.05) is 6.20 Å². The van der Waals surface area contributed by atoms with Gasteiger partial charge < -0.3 is 9.80 Å². The van der Waals surface area contributed by atoms with Crippen molar-refractivity contribution in [2.45, 2.75) is 38.5 Å². The van der Waals surface area contributed by atoms with Crippen molar-refractivity contribution in [2.75, 3.05) is 9.80 Å². The molecule has 9 rings (SSSR count). The summed E-state index contributed by atoms with van der Waals surface area (Å²) in [5.41, 5.74) is 13.1. The molecule has 0 spiro atoms. The summed E-state index contributed by atoms with van der Waals surface area (Å²) in [5, 5.41) is 3.50. The number of aromatic nitrogens is 1. The molecule has 0 saturated carbocycles. The van der Waals surface area contributed by atoms with Gasteiger partial charge in [-0.15, -0.1) is 0 Å². The lowest BCUT2D eigenvalue weighted by Crippen LogP contribution is -2.31. The van der Waals surface area contributed by atoms with E-state index in [9.17, 15) is 0 Å². The number of hydrogen-bond acceptors (Lipinski definition) is 3. The summed E-state index contributed by atoms with van der Waals surface area (Å²) in [4.78, 5) is 10.2. The van der Waals surface area contributed by atoms with Crippen molar-refractivity contribution in [1.82, 2.24) is 4.98 Å². The summed E-state index contributed by atoms with van der Waals surface area (Å²) < 4.78 is 0. The van der Waals surface area contributed by atoms with E-state index in [1.165, 1.54) is 55.8 Å². The van der Waals surface area contributed by atoms with Crippen molar-refractivity contribution in [3.63, 3.8) is 0 Å². The SMILES string of the molecule is CC1(C)c2ccccc2N(c2c3ccccc3c(N3c4ccccc4C(C)(C)c4ccccc43)c3ncccc23)c2ccccc21. The topological polar surface area (TPSA) is 19.4 Å². The molecule has 3 heterocycles. The van der Waals surface area contributed by atoms with Gasteiger partial charge in [0.05, 0.1) is 39.6 Å². The zero-order chi connectivity index (χ0) is 31.2. The van der Waals surface area contributed by atoms with E-state index in [1.54, 1.807) is 0 Å². The average Bonchev–Trinajstić information content (AvgIpc) is 3.09. The zero-order valence-electron chi connectivity index (χ0n) is 26.6. The normalized spacial score (nSPS) is 15.7. The number of hydrogen-bond donors (Lipinski definition) is 0. The van der Waals surface area contributed by atoms with Crippen LogP contribution in [0.2, 0.25) is 0 Å². The molecule has 3 heteroatoms. The Morgan fingerprint density at radius 3 is 1.20 bits per heavy atom. The largest absolute Gasteiger partial charge is 0.309 e. The maximum atomic E-state index is 5.22. The van der Waals surface area contributed by atoms with Crippen LogP contribution >= 0.6 is 0 Å². The summed E-state index contributed by atoms with van der Waals surface area (Å²) in [5.74, 6) is 0. The van der Waals surface area contributed by atoms with E-state index in [2.05, 4.69) is 171 Å². The van der Waals surface area contributed by atoms with Crippen LogP contribution in [0, 0.1) is 0 Å². The molecule has 0 amide bonds. The molecule has 0 bridgehead atoms. The number of anilines is 6. The lowest BCUT2D eigenvalue weighted by molar-refractivity contribution is 0.632. The van der Waals surface area contributed by atoms with Crippen LogP contribution in [-0.2, 0) is 10.8 Å². The van der Waals surface area contributed by atoms with Crippen molar-refractivity contribution in [1.29, 1.82) is 0 Å². The van der Waals surface area contributed by atoms with Gasteiger partial charge in [-0.2, -0.15) is 0 Å². The van der Waals surface area contributed by atoms with Crippen molar-refractivity contribution in [3.05, 3.63) is 162 Å². The maximum Gasteiger partial charge on any atom is 0.0970 e. The predicted molar refractivity (Wildman–Crippen MR) is 193 cm³/mol. The molecule has 2 aliphatic heterocycles. The van der Waals surface area contributed by atoms with Gasteiger partial charge in [-0.05, 0) is 58.7 Å². The molecule has 2 aliphatic rings. The second kappa shape index (κ2) is 9.55. The molecule has 222 valence electrons. The fraction of sp³-hybridized carbons (Fsp3) is 0.140. The highest BCUT2D eigenvalue weighted by molar-refractivity contribution is 6.22. The monoisotopic (exact) mass is 593 g/mol. The first kappa shape index (κ1) is 26.9. The third-order valence-corrected chi connectivity index (χ3v) is 10.4.